The molecule has 1 saturated heterocycles. The maximum atomic E-state index is 12.4. The van der Waals surface area contributed by atoms with Gasteiger partial charge in [0.25, 0.3) is 0 Å². The van der Waals surface area contributed by atoms with E-state index in [0.717, 1.165) is 25.9 Å². The molecule has 0 spiro atoms. The highest BCUT2D eigenvalue weighted by Crippen LogP contribution is 2.28. The first-order valence-electron chi connectivity index (χ1n) is 5.59. The maximum Gasteiger partial charge on any atom is 0.250 e. The van der Waals surface area contributed by atoms with Crippen molar-refractivity contribution in [3.8, 4) is 0 Å². The highest BCUT2D eigenvalue weighted by atomic mass is 16.2. The molecular formula is C11H18N4O. The van der Waals surface area contributed by atoms with Crippen LogP contribution in [0.15, 0.2) is 18.5 Å². The summed E-state index contributed by atoms with van der Waals surface area (Å²) in [6, 6.07) is 1.87. The van der Waals surface area contributed by atoms with E-state index in [2.05, 4.69) is 10.4 Å². The molecule has 0 aliphatic carbocycles. The minimum atomic E-state index is -0.488. The minimum absolute atomic E-state index is 0.137. The van der Waals surface area contributed by atoms with E-state index in [-0.39, 0.29) is 5.91 Å². The van der Waals surface area contributed by atoms with Crippen LogP contribution >= 0.6 is 0 Å². The molecule has 0 saturated carbocycles. The number of nitrogens with zero attached hydrogens (tertiary/aromatic N) is 3. The first-order chi connectivity index (χ1) is 7.67. The van der Waals surface area contributed by atoms with Crippen LogP contribution in [0.5, 0.6) is 0 Å². The lowest BCUT2D eigenvalue weighted by Crippen LogP contribution is -2.54. The molecule has 1 amide bonds. The van der Waals surface area contributed by atoms with Crippen molar-refractivity contribution in [2.24, 2.45) is 0 Å². The average Bonchev–Trinajstić information content (AvgIpc) is 2.82. The Balaban J connectivity index is 2.36. The molecule has 2 rings (SSSR count). The highest BCUT2D eigenvalue weighted by Gasteiger charge is 2.42. The Hall–Kier alpha value is -1.36. The van der Waals surface area contributed by atoms with Gasteiger partial charge in [0.05, 0.1) is 0 Å². The van der Waals surface area contributed by atoms with Gasteiger partial charge in [-0.2, -0.15) is 5.10 Å². The molecule has 1 aromatic rings. The molecule has 1 aliphatic rings. The molecule has 5 nitrogen and oxygen atoms in total. The first kappa shape index (κ1) is 11.1. The molecule has 0 aromatic carbocycles. The molecule has 88 valence electrons. The molecule has 0 atom stereocenters. The second-order valence-electron chi connectivity index (χ2n) is 4.43. The number of piperidine rings is 1. The van der Waals surface area contributed by atoms with Crippen LogP contribution in [-0.4, -0.2) is 47.8 Å². The summed E-state index contributed by atoms with van der Waals surface area (Å²) in [5.74, 6) is 0.137. The fourth-order valence-corrected chi connectivity index (χ4v) is 2.32. The lowest BCUT2D eigenvalue weighted by molar-refractivity contribution is -0.140. The lowest BCUT2D eigenvalue weighted by Gasteiger charge is -2.38. The van der Waals surface area contributed by atoms with E-state index in [9.17, 15) is 4.79 Å². The number of carbonyl (C=O) groups is 1. The van der Waals surface area contributed by atoms with E-state index in [0.29, 0.717) is 0 Å². The molecule has 2 heterocycles. The summed E-state index contributed by atoms with van der Waals surface area (Å²) >= 11 is 0. The van der Waals surface area contributed by atoms with Gasteiger partial charge in [0.1, 0.15) is 5.54 Å². The number of nitrogens with one attached hydrogen (secondary N) is 1. The van der Waals surface area contributed by atoms with Gasteiger partial charge in [-0.1, -0.05) is 0 Å². The zero-order chi connectivity index (χ0) is 11.6. The third kappa shape index (κ3) is 1.71. The number of likely N-dealkylation sites (N-methyl/N-ethyl adjacent to an activating group) is 1. The number of aromatic nitrogens is 2. The van der Waals surface area contributed by atoms with Gasteiger partial charge in [-0.25, -0.2) is 0 Å². The topological polar surface area (TPSA) is 50.2 Å². The van der Waals surface area contributed by atoms with Crippen molar-refractivity contribution in [3.05, 3.63) is 18.5 Å². The number of amides is 1. The van der Waals surface area contributed by atoms with Crippen molar-refractivity contribution in [2.75, 3.05) is 27.2 Å². The molecule has 1 aliphatic heterocycles. The van der Waals surface area contributed by atoms with Crippen molar-refractivity contribution in [3.63, 3.8) is 0 Å². The maximum absolute atomic E-state index is 12.4. The van der Waals surface area contributed by atoms with E-state index in [4.69, 9.17) is 0 Å². The van der Waals surface area contributed by atoms with Crippen molar-refractivity contribution >= 4 is 5.91 Å². The fourth-order valence-electron chi connectivity index (χ4n) is 2.32. The second-order valence-corrected chi connectivity index (χ2v) is 4.43. The van der Waals surface area contributed by atoms with Crippen molar-refractivity contribution in [2.45, 2.75) is 18.4 Å². The van der Waals surface area contributed by atoms with Gasteiger partial charge in [0, 0.05) is 26.5 Å². The zero-order valence-electron chi connectivity index (χ0n) is 9.81. The minimum Gasteiger partial charge on any atom is -0.347 e. The second kappa shape index (κ2) is 4.25. The Labute approximate surface area is 95.4 Å². The number of hydrogen-bond donors (Lipinski definition) is 1. The number of hydrogen-bond acceptors (Lipinski definition) is 3. The highest BCUT2D eigenvalue weighted by molar-refractivity contribution is 5.84. The predicted molar refractivity (Wildman–Crippen MR) is 61.0 cm³/mol. The first-order valence-corrected chi connectivity index (χ1v) is 5.59. The van der Waals surface area contributed by atoms with Gasteiger partial charge in [-0.15, -0.1) is 0 Å². The van der Waals surface area contributed by atoms with E-state index in [1.807, 2.05) is 16.9 Å². The smallest absolute Gasteiger partial charge is 0.250 e. The molecule has 0 bridgehead atoms. The Kier molecular flexibility index (Phi) is 2.96. The van der Waals surface area contributed by atoms with Crippen LogP contribution < -0.4 is 5.32 Å². The normalized spacial score (nSPS) is 19.4. The number of rotatable bonds is 2. The van der Waals surface area contributed by atoms with Crippen LogP contribution in [0, 0.1) is 0 Å². The van der Waals surface area contributed by atoms with Crippen molar-refractivity contribution in [1.29, 1.82) is 0 Å². The molecule has 1 N–H and O–H groups in total. The van der Waals surface area contributed by atoms with Crippen LogP contribution in [-0.2, 0) is 10.3 Å². The van der Waals surface area contributed by atoms with Gasteiger partial charge in [0.15, 0.2) is 0 Å². The van der Waals surface area contributed by atoms with Crippen molar-refractivity contribution < 1.29 is 4.79 Å². The van der Waals surface area contributed by atoms with Gasteiger partial charge in [-0.05, 0) is 32.0 Å². The van der Waals surface area contributed by atoms with E-state index >= 15 is 0 Å². The largest absolute Gasteiger partial charge is 0.347 e. The Bertz CT molecular complexity index is 352. The summed E-state index contributed by atoms with van der Waals surface area (Å²) < 4.78 is 1.82. The predicted octanol–water partition coefficient (Wildman–Crippen LogP) is 0.0500. The van der Waals surface area contributed by atoms with Crippen LogP contribution in [0.4, 0.5) is 0 Å². The van der Waals surface area contributed by atoms with E-state index in [1.54, 1.807) is 25.2 Å². The summed E-state index contributed by atoms with van der Waals surface area (Å²) in [5.41, 5.74) is -0.488. The Morgan fingerprint density at radius 1 is 1.44 bits per heavy atom. The Morgan fingerprint density at radius 3 is 2.62 bits per heavy atom. The summed E-state index contributed by atoms with van der Waals surface area (Å²) in [6.07, 6.45) is 5.21. The van der Waals surface area contributed by atoms with Crippen LogP contribution in [0.25, 0.3) is 0 Å². The van der Waals surface area contributed by atoms with Gasteiger partial charge in [-0.3, -0.25) is 9.48 Å². The fraction of sp³-hybridized carbons (Fsp3) is 0.636. The van der Waals surface area contributed by atoms with Crippen molar-refractivity contribution in [1.82, 2.24) is 20.0 Å². The third-order valence-electron chi connectivity index (χ3n) is 3.18. The third-order valence-corrected chi connectivity index (χ3v) is 3.18. The number of carbonyl (C=O) groups excluding carboxylic acids is 1. The van der Waals surface area contributed by atoms with E-state index in [1.165, 1.54) is 0 Å². The summed E-state index contributed by atoms with van der Waals surface area (Å²) in [5, 5.41) is 7.54. The van der Waals surface area contributed by atoms with E-state index < -0.39 is 5.54 Å². The van der Waals surface area contributed by atoms with Crippen LogP contribution in [0.1, 0.15) is 12.8 Å². The van der Waals surface area contributed by atoms with Gasteiger partial charge >= 0.3 is 0 Å². The molecule has 0 unspecified atom stereocenters. The average molecular weight is 222 g/mol. The summed E-state index contributed by atoms with van der Waals surface area (Å²) in [4.78, 5) is 14.0. The summed E-state index contributed by atoms with van der Waals surface area (Å²) in [7, 11) is 3.60. The van der Waals surface area contributed by atoms with Gasteiger partial charge < -0.3 is 10.2 Å². The monoisotopic (exact) mass is 222 g/mol. The molecule has 5 heteroatoms. The zero-order valence-corrected chi connectivity index (χ0v) is 9.81. The van der Waals surface area contributed by atoms with Crippen LogP contribution in [0.3, 0.4) is 0 Å². The standard InChI is InChI=1S/C11H18N4O/c1-14(2)10(16)11(4-7-12-8-5-11)15-9-3-6-13-15/h3,6,9,12H,4-5,7-8H2,1-2H3. The molecule has 1 fully saturated rings. The Morgan fingerprint density at radius 2 is 2.12 bits per heavy atom. The van der Waals surface area contributed by atoms with Gasteiger partial charge in [0.2, 0.25) is 5.91 Å². The molecule has 1 aromatic heterocycles. The molecule has 0 radical (unpaired) electrons. The SMILES string of the molecule is CN(C)C(=O)C1(n2cccn2)CCNCC1. The lowest BCUT2D eigenvalue weighted by atomic mass is 9.87. The van der Waals surface area contributed by atoms with Crippen LogP contribution in [0.2, 0.25) is 0 Å². The summed E-state index contributed by atoms with van der Waals surface area (Å²) in [6.45, 7) is 1.72. The molecule has 16 heavy (non-hydrogen) atoms. The quantitative estimate of drug-likeness (QED) is 0.769. The molecular weight excluding hydrogens is 204 g/mol.